The van der Waals surface area contributed by atoms with Crippen LogP contribution >= 0.6 is 11.3 Å². The maximum Gasteiger partial charge on any atom is 0.111 e. The second kappa shape index (κ2) is 5.23. The Morgan fingerprint density at radius 3 is 2.94 bits per heavy atom. The second-order valence-electron chi connectivity index (χ2n) is 3.08. The first-order valence-corrected chi connectivity index (χ1v) is 5.62. The molecule has 4 heteroatoms. The van der Waals surface area contributed by atoms with Gasteiger partial charge in [0.25, 0.3) is 0 Å². The highest BCUT2D eigenvalue weighted by atomic mass is 32.1. The largest absolute Gasteiger partial charge is 0.410 e. The molecule has 0 unspecified atom stereocenters. The lowest BCUT2D eigenvalue weighted by molar-refractivity contribution is 0.320. The van der Waals surface area contributed by atoms with E-state index in [1.54, 1.807) is 35.9 Å². The number of aromatic nitrogens is 1. The second-order valence-corrected chi connectivity index (χ2v) is 4.05. The average Bonchev–Trinajstić information content (AvgIpc) is 2.84. The van der Waals surface area contributed by atoms with E-state index < -0.39 is 0 Å². The Hall–Kier alpha value is -1.94. The maximum atomic E-state index is 8.92. The third-order valence-corrected chi connectivity index (χ3v) is 2.85. The lowest BCUT2D eigenvalue weighted by Gasteiger charge is -1.96. The molecule has 0 fully saturated rings. The van der Waals surface area contributed by atoms with E-state index >= 15 is 0 Å². The minimum absolute atomic E-state index is 0.501. The number of oxime groups is 1. The fourth-order valence-corrected chi connectivity index (χ4v) is 1.87. The molecule has 0 aliphatic rings. The standard InChI is InChI=1S/C12H10N2OS/c15-14-12(10-3-1-7-13-9-10)6-5-11-4-2-8-16-11/h1-9,15H. The molecule has 0 bridgehead atoms. The van der Waals surface area contributed by atoms with E-state index in [0.29, 0.717) is 5.71 Å². The summed E-state index contributed by atoms with van der Waals surface area (Å²) in [5.41, 5.74) is 1.29. The van der Waals surface area contributed by atoms with E-state index in [2.05, 4.69) is 10.1 Å². The van der Waals surface area contributed by atoms with Gasteiger partial charge in [0, 0.05) is 22.8 Å². The summed E-state index contributed by atoms with van der Waals surface area (Å²) >= 11 is 1.63. The van der Waals surface area contributed by atoms with Crippen LogP contribution in [0.1, 0.15) is 10.4 Å². The van der Waals surface area contributed by atoms with Crippen molar-refractivity contribution in [3.05, 3.63) is 58.6 Å². The van der Waals surface area contributed by atoms with Gasteiger partial charge in [-0.1, -0.05) is 11.2 Å². The van der Waals surface area contributed by atoms with Crippen LogP contribution < -0.4 is 0 Å². The number of hydrogen-bond donors (Lipinski definition) is 1. The van der Waals surface area contributed by atoms with E-state index in [-0.39, 0.29) is 0 Å². The Labute approximate surface area is 97.4 Å². The molecular formula is C12H10N2OS. The lowest BCUT2D eigenvalue weighted by atomic mass is 10.1. The molecule has 0 aromatic carbocycles. The zero-order valence-electron chi connectivity index (χ0n) is 8.45. The summed E-state index contributed by atoms with van der Waals surface area (Å²) in [4.78, 5) is 5.09. The van der Waals surface area contributed by atoms with Gasteiger partial charge in [0.2, 0.25) is 0 Å². The van der Waals surface area contributed by atoms with Gasteiger partial charge in [-0.15, -0.1) is 11.3 Å². The van der Waals surface area contributed by atoms with Crippen LogP contribution in [0.5, 0.6) is 0 Å². The van der Waals surface area contributed by atoms with E-state index in [9.17, 15) is 0 Å². The van der Waals surface area contributed by atoms with Gasteiger partial charge in [0.1, 0.15) is 5.71 Å². The smallest absolute Gasteiger partial charge is 0.111 e. The quantitative estimate of drug-likeness (QED) is 0.500. The first kappa shape index (κ1) is 10.6. The van der Waals surface area contributed by atoms with Crippen molar-refractivity contribution in [3.8, 4) is 0 Å². The third-order valence-electron chi connectivity index (χ3n) is 2.01. The van der Waals surface area contributed by atoms with Crippen molar-refractivity contribution in [2.45, 2.75) is 0 Å². The molecule has 80 valence electrons. The highest BCUT2D eigenvalue weighted by molar-refractivity contribution is 7.10. The van der Waals surface area contributed by atoms with Crippen LogP contribution in [0.15, 0.2) is 53.3 Å². The van der Waals surface area contributed by atoms with Gasteiger partial charge in [-0.05, 0) is 35.7 Å². The molecule has 0 aliphatic heterocycles. The van der Waals surface area contributed by atoms with Gasteiger partial charge in [-0.25, -0.2) is 0 Å². The zero-order chi connectivity index (χ0) is 11.2. The fourth-order valence-electron chi connectivity index (χ4n) is 1.25. The van der Waals surface area contributed by atoms with Crippen molar-refractivity contribution < 1.29 is 5.21 Å². The summed E-state index contributed by atoms with van der Waals surface area (Å²) in [6, 6.07) is 7.63. The monoisotopic (exact) mass is 230 g/mol. The van der Waals surface area contributed by atoms with E-state index in [1.165, 1.54) is 0 Å². The molecule has 16 heavy (non-hydrogen) atoms. The first-order chi connectivity index (χ1) is 7.90. The molecule has 0 spiro atoms. The van der Waals surface area contributed by atoms with Gasteiger partial charge < -0.3 is 5.21 Å². The normalized spacial score (nSPS) is 12.1. The maximum absolute atomic E-state index is 8.92. The summed E-state index contributed by atoms with van der Waals surface area (Å²) in [6.45, 7) is 0. The summed E-state index contributed by atoms with van der Waals surface area (Å²) < 4.78 is 0. The number of rotatable bonds is 3. The van der Waals surface area contributed by atoms with E-state index in [4.69, 9.17) is 5.21 Å². The molecule has 2 heterocycles. The van der Waals surface area contributed by atoms with Crippen LogP contribution in [0.4, 0.5) is 0 Å². The minimum Gasteiger partial charge on any atom is -0.410 e. The molecule has 2 aromatic rings. The van der Waals surface area contributed by atoms with Gasteiger partial charge in [-0.3, -0.25) is 4.98 Å². The highest BCUT2D eigenvalue weighted by Crippen LogP contribution is 2.11. The van der Waals surface area contributed by atoms with Crippen molar-refractivity contribution in [1.82, 2.24) is 4.98 Å². The van der Waals surface area contributed by atoms with Crippen LogP contribution in [0.25, 0.3) is 6.08 Å². The van der Waals surface area contributed by atoms with Crippen LogP contribution in [-0.2, 0) is 0 Å². The van der Waals surface area contributed by atoms with Crippen LogP contribution in [-0.4, -0.2) is 15.9 Å². The molecule has 0 amide bonds. The van der Waals surface area contributed by atoms with Crippen molar-refractivity contribution in [1.29, 1.82) is 0 Å². The SMILES string of the molecule is ON=C(C=Cc1cccs1)c1cccnc1. The van der Waals surface area contributed by atoms with E-state index in [1.807, 2.05) is 29.7 Å². The Morgan fingerprint density at radius 2 is 2.31 bits per heavy atom. The average molecular weight is 230 g/mol. The van der Waals surface area contributed by atoms with Gasteiger partial charge in [-0.2, -0.15) is 0 Å². The van der Waals surface area contributed by atoms with E-state index in [0.717, 1.165) is 10.4 Å². The number of pyridine rings is 1. The zero-order valence-corrected chi connectivity index (χ0v) is 9.26. The molecule has 0 saturated heterocycles. The molecular weight excluding hydrogens is 220 g/mol. The molecule has 3 nitrogen and oxygen atoms in total. The van der Waals surface area contributed by atoms with Crippen molar-refractivity contribution >= 4 is 23.1 Å². The van der Waals surface area contributed by atoms with Crippen LogP contribution in [0.2, 0.25) is 0 Å². The topological polar surface area (TPSA) is 45.5 Å². The molecule has 2 aromatic heterocycles. The van der Waals surface area contributed by atoms with Crippen LogP contribution in [0.3, 0.4) is 0 Å². The highest BCUT2D eigenvalue weighted by Gasteiger charge is 1.99. The molecule has 0 aliphatic carbocycles. The predicted octanol–water partition coefficient (Wildman–Crippen LogP) is 3.03. The Morgan fingerprint density at radius 1 is 1.38 bits per heavy atom. The molecule has 0 atom stereocenters. The number of hydrogen-bond acceptors (Lipinski definition) is 4. The molecule has 2 rings (SSSR count). The molecule has 0 saturated carbocycles. The molecule has 1 N–H and O–H groups in total. The number of allylic oxidation sites excluding steroid dienone is 1. The Kier molecular flexibility index (Phi) is 3.46. The summed E-state index contributed by atoms with van der Waals surface area (Å²) in [7, 11) is 0. The van der Waals surface area contributed by atoms with Crippen LogP contribution in [0, 0.1) is 0 Å². The Balaban J connectivity index is 2.20. The fraction of sp³-hybridized carbons (Fsp3) is 0. The minimum atomic E-state index is 0.501. The Bertz CT molecular complexity index is 489. The molecule has 0 radical (unpaired) electrons. The van der Waals surface area contributed by atoms with Crippen molar-refractivity contribution in [3.63, 3.8) is 0 Å². The van der Waals surface area contributed by atoms with Gasteiger partial charge in [0.15, 0.2) is 0 Å². The lowest BCUT2D eigenvalue weighted by Crippen LogP contribution is -1.96. The van der Waals surface area contributed by atoms with Gasteiger partial charge >= 0.3 is 0 Å². The van der Waals surface area contributed by atoms with Crippen molar-refractivity contribution in [2.75, 3.05) is 0 Å². The first-order valence-electron chi connectivity index (χ1n) is 4.74. The van der Waals surface area contributed by atoms with Gasteiger partial charge in [0.05, 0.1) is 0 Å². The third kappa shape index (κ3) is 2.55. The summed E-state index contributed by atoms with van der Waals surface area (Å²) in [5, 5.41) is 14.2. The summed E-state index contributed by atoms with van der Waals surface area (Å²) in [6.07, 6.45) is 7.02. The number of thiophene rings is 1. The summed E-state index contributed by atoms with van der Waals surface area (Å²) in [5.74, 6) is 0. The number of nitrogens with zero attached hydrogens (tertiary/aromatic N) is 2. The predicted molar refractivity (Wildman–Crippen MR) is 65.9 cm³/mol. The van der Waals surface area contributed by atoms with Crippen molar-refractivity contribution in [2.24, 2.45) is 5.16 Å².